The molecule has 2 atom stereocenters. The average Bonchev–Trinajstić information content (AvgIpc) is 3.02. The van der Waals surface area contributed by atoms with Gasteiger partial charge in [0.15, 0.2) is 0 Å². The van der Waals surface area contributed by atoms with Gasteiger partial charge in [0.25, 0.3) is 5.91 Å². The minimum Gasteiger partial charge on any atom is -0.481 e. The summed E-state index contributed by atoms with van der Waals surface area (Å²) in [5, 5.41) is 3.22. The summed E-state index contributed by atoms with van der Waals surface area (Å²) in [5.41, 5.74) is 1.85. The molecule has 1 aromatic carbocycles. The lowest BCUT2D eigenvalue weighted by Gasteiger charge is -2.23. The van der Waals surface area contributed by atoms with Gasteiger partial charge in [-0.25, -0.2) is 4.98 Å². The molecule has 0 bridgehead atoms. The Balaban J connectivity index is 1.65. The molecule has 1 fully saturated rings. The van der Waals surface area contributed by atoms with Crippen molar-refractivity contribution < 1.29 is 9.53 Å². The van der Waals surface area contributed by atoms with E-state index in [1.165, 1.54) is 5.56 Å². The van der Waals surface area contributed by atoms with Crippen LogP contribution in [-0.2, 0) is 6.54 Å². The van der Waals surface area contributed by atoms with Crippen molar-refractivity contribution in [3.05, 3.63) is 59.8 Å². The smallest absolute Gasteiger partial charge is 0.253 e. The highest BCUT2D eigenvalue weighted by Gasteiger charge is 2.34. The molecule has 0 spiro atoms. The molecule has 1 aliphatic rings. The van der Waals surface area contributed by atoms with E-state index in [1.54, 1.807) is 25.4 Å². The zero-order valence-electron chi connectivity index (χ0n) is 16.3. The van der Waals surface area contributed by atoms with Crippen LogP contribution in [0.25, 0.3) is 0 Å². The third kappa shape index (κ3) is 5.28. The highest BCUT2D eigenvalue weighted by molar-refractivity contribution is 5.94. The Bertz CT molecular complexity index is 734. The molecule has 1 amide bonds. The molecule has 1 aromatic heterocycles. The number of nitrogens with one attached hydrogen (secondary N) is 1. The van der Waals surface area contributed by atoms with Gasteiger partial charge in [-0.05, 0) is 25.7 Å². The van der Waals surface area contributed by atoms with Crippen LogP contribution >= 0.6 is 0 Å². The SMILES string of the molecule is COc1ccc(C(=O)N[C@@H]2CN(Cc3ccccc3)C[C@H]2CN(C)C)cn1. The fourth-order valence-electron chi connectivity index (χ4n) is 3.64. The second kappa shape index (κ2) is 8.97. The molecule has 27 heavy (non-hydrogen) atoms. The van der Waals surface area contributed by atoms with Crippen LogP contribution in [0.3, 0.4) is 0 Å². The number of carbonyl (C=O) groups excluding carboxylic acids is 1. The first-order chi connectivity index (χ1) is 13.0. The molecule has 0 saturated carbocycles. The van der Waals surface area contributed by atoms with Gasteiger partial charge in [0, 0.05) is 50.4 Å². The maximum atomic E-state index is 12.7. The summed E-state index contributed by atoms with van der Waals surface area (Å²) in [7, 11) is 5.71. The molecule has 0 aliphatic carbocycles. The maximum absolute atomic E-state index is 12.7. The molecular weight excluding hydrogens is 340 g/mol. The van der Waals surface area contributed by atoms with Crippen LogP contribution in [0.2, 0.25) is 0 Å². The van der Waals surface area contributed by atoms with E-state index in [2.05, 4.69) is 58.5 Å². The summed E-state index contributed by atoms with van der Waals surface area (Å²) in [6.07, 6.45) is 1.56. The average molecular weight is 368 g/mol. The van der Waals surface area contributed by atoms with E-state index in [1.807, 2.05) is 6.07 Å². The first kappa shape index (κ1) is 19.3. The van der Waals surface area contributed by atoms with E-state index < -0.39 is 0 Å². The van der Waals surface area contributed by atoms with Crippen LogP contribution in [-0.4, -0.2) is 67.6 Å². The van der Waals surface area contributed by atoms with Crippen molar-refractivity contribution in [3.8, 4) is 5.88 Å². The van der Waals surface area contributed by atoms with E-state index in [9.17, 15) is 4.79 Å². The fourth-order valence-corrected chi connectivity index (χ4v) is 3.64. The van der Waals surface area contributed by atoms with Crippen LogP contribution in [0.1, 0.15) is 15.9 Å². The van der Waals surface area contributed by atoms with Gasteiger partial charge in [0.05, 0.1) is 12.7 Å². The van der Waals surface area contributed by atoms with Gasteiger partial charge in [0.2, 0.25) is 5.88 Å². The second-order valence-corrected chi connectivity index (χ2v) is 7.37. The molecule has 6 heteroatoms. The second-order valence-electron chi connectivity index (χ2n) is 7.37. The minimum atomic E-state index is -0.0829. The summed E-state index contributed by atoms with van der Waals surface area (Å²) in [5.74, 6) is 0.811. The van der Waals surface area contributed by atoms with Crippen molar-refractivity contribution in [1.82, 2.24) is 20.1 Å². The summed E-state index contributed by atoms with van der Waals surface area (Å²) >= 11 is 0. The molecular formula is C21H28N4O2. The molecule has 1 saturated heterocycles. The zero-order chi connectivity index (χ0) is 19.2. The Hall–Kier alpha value is -2.44. The minimum absolute atomic E-state index is 0.0829. The number of methoxy groups -OCH3 is 1. The molecule has 144 valence electrons. The van der Waals surface area contributed by atoms with Gasteiger partial charge in [0.1, 0.15) is 0 Å². The Morgan fingerprint density at radius 3 is 2.63 bits per heavy atom. The standard InChI is InChI=1S/C21H28N4O2/c1-24(2)13-18-14-25(12-16-7-5-4-6-8-16)15-19(18)23-21(26)17-9-10-20(27-3)22-11-17/h4-11,18-19H,12-15H2,1-3H3,(H,23,26)/t18-,19-/m1/s1. The number of aromatic nitrogens is 1. The van der Waals surface area contributed by atoms with E-state index in [-0.39, 0.29) is 11.9 Å². The zero-order valence-corrected chi connectivity index (χ0v) is 16.3. The van der Waals surface area contributed by atoms with Gasteiger partial charge in [-0.2, -0.15) is 0 Å². The predicted molar refractivity (Wildman–Crippen MR) is 106 cm³/mol. The third-order valence-corrected chi connectivity index (χ3v) is 4.89. The number of rotatable bonds is 7. The highest BCUT2D eigenvalue weighted by atomic mass is 16.5. The lowest BCUT2D eigenvalue weighted by Crippen LogP contribution is -2.43. The molecule has 2 heterocycles. The fraction of sp³-hybridized carbons (Fsp3) is 0.429. The van der Waals surface area contributed by atoms with Crippen LogP contribution in [0, 0.1) is 5.92 Å². The molecule has 6 nitrogen and oxygen atoms in total. The molecule has 0 radical (unpaired) electrons. The Morgan fingerprint density at radius 2 is 2.00 bits per heavy atom. The summed E-state index contributed by atoms with van der Waals surface area (Å²) in [4.78, 5) is 21.4. The molecule has 2 aromatic rings. The van der Waals surface area contributed by atoms with Crippen LogP contribution in [0.5, 0.6) is 5.88 Å². The van der Waals surface area contributed by atoms with Crippen molar-refractivity contribution in [2.24, 2.45) is 5.92 Å². The number of amides is 1. The quantitative estimate of drug-likeness (QED) is 0.809. The molecule has 1 aliphatic heterocycles. The Morgan fingerprint density at radius 1 is 1.22 bits per heavy atom. The number of hydrogen-bond donors (Lipinski definition) is 1. The molecule has 3 rings (SSSR count). The first-order valence-corrected chi connectivity index (χ1v) is 9.27. The van der Waals surface area contributed by atoms with Crippen molar-refractivity contribution in [2.75, 3.05) is 40.8 Å². The summed E-state index contributed by atoms with van der Waals surface area (Å²) in [6.45, 7) is 3.67. The maximum Gasteiger partial charge on any atom is 0.253 e. The number of carbonyl (C=O) groups is 1. The topological polar surface area (TPSA) is 57.7 Å². The number of pyridine rings is 1. The summed E-state index contributed by atoms with van der Waals surface area (Å²) in [6, 6.07) is 14.0. The largest absolute Gasteiger partial charge is 0.481 e. The Kier molecular flexibility index (Phi) is 6.42. The van der Waals surface area contributed by atoms with Gasteiger partial charge in [-0.3, -0.25) is 9.69 Å². The van der Waals surface area contributed by atoms with E-state index in [0.717, 1.165) is 26.2 Å². The van der Waals surface area contributed by atoms with Crippen molar-refractivity contribution in [2.45, 2.75) is 12.6 Å². The van der Waals surface area contributed by atoms with Crippen molar-refractivity contribution in [1.29, 1.82) is 0 Å². The predicted octanol–water partition coefficient (Wildman–Crippen LogP) is 1.88. The number of nitrogens with zero attached hydrogens (tertiary/aromatic N) is 3. The lowest BCUT2D eigenvalue weighted by atomic mass is 10.0. The van der Waals surface area contributed by atoms with E-state index >= 15 is 0 Å². The molecule has 0 unspecified atom stereocenters. The number of hydrogen-bond acceptors (Lipinski definition) is 5. The van der Waals surface area contributed by atoms with Crippen LogP contribution in [0.15, 0.2) is 48.7 Å². The van der Waals surface area contributed by atoms with Gasteiger partial charge >= 0.3 is 0 Å². The number of likely N-dealkylation sites (tertiary alicyclic amines) is 1. The lowest BCUT2D eigenvalue weighted by molar-refractivity contribution is 0.0926. The van der Waals surface area contributed by atoms with Crippen LogP contribution in [0.4, 0.5) is 0 Å². The number of ether oxygens (including phenoxy) is 1. The monoisotopic (exact) mass is 368 g/mol. The van der Waals surface area contributed by atoms with Gasteiger partial charge < -0.3 is 15.0 Å². The van der Waals surface area contributed by atoms with E-state index in [0.29, 0.717) is 17.4 Å². The van der Waals surface area contributed by atoms with Crippen molar-refractivity contribution in [3.63, 3.8) is 0 Å². The normalized spacial score (nSPS) is 20.0. The van der Waals surface area contributed by atoms with Crippen molar-refractivity contribution >= 4 is 5.91 Å². The number of benzene rings is 1. The van der Waals surface area contributed by atoms with Gasteiger partial charge in [-0.1, -0.05) is 30.3 Å². The Labute approximate surface area is 161 Å². The highest BCUT2D eigenvalue weighted by Crippen LogP contribution is 2.21. The molecule has 1 N–H and O–H groups in total. The summed E-state index contributed by atoms with van der Waals surface area (Å²) < 4.78 is 5.06. The third-order valence-electron chi connectivity index (χ3n) is 4.89. The first-order valence-electron chi connectivity index (χ1n) is 9.27. The van der Waals surface area contributed by atoms with Gasteiger partial charge in [-0.15, -0.1) is 0 Å². The van der Waals surface area contributed by atoms with E-state index in [4.69, 9.17) is 4.74 Å². The van der Waals surface area contributed by atoms with Crippen LogP contribution < -0.4 is 10.1 Å².